The Morgan fingerprint density at radius 2 is 2.04 bits per heavy atom. The van der Waals surface area contributed by atoms with Gasteiger partial charge in [0, 0.05) is 32.0 Å². The van der Waals surface area contributed by atoms with E-state index in [1.165, 1.54) is 16.4 Å². The third kappa shape index (κ3) is 3.43. The summed E-state index contributed by atoms with van der Waals surface area (Å²) >= 11 is 0. The van der Waals surface area contributed by atoms with Crippen molar-refractivity contribution in [3.05, 3.63) is 48.0 Å². The molecule has 1 fully saturated rings. The van der Waals surface area contributed by atoms with Crippen LogP contribution in [0.3, 0.4) is 0 Å². The molecule has 23 heavy (non-hydrogen) atoms. The van der Waals surface area contributed by atoms with E-state index >= 15 is 0 Å². The topological polar surface area (TPSA) is 92.5 Å². The predicted molar refractivity (Wildman–Crippen MR) is 82.1 cm³/mol. The van der Waals surface area contributed by atoms with E-state index in [0.29, 0.717) is 19.6 Å². The minimum Gasteiger partial charge on any atom is -0.438 e. The number of aromatic nitrogens is 1. The van der Waals surface area contributed by atoms with E-state index in [9.17, 15) is 13.2 Å². The van der Waals surface area contributed by atoms with Gasteiger partial charge in [-0.2, -0.15) is 4.31 Å². The summed E-state index contributed by atoms with van der Waals surface area (Å²) < 4.78 is 31.3. The smallest absolute Gasteiger partial charge is 0.287 e. The molecule has 2 aromatic rings. The number of pyridine rings is 1. The molecule has 7 nitrogen and oxygen atoms in total. The molecule has 8 heteroatoms. The number of carbonyl (C=O) groups excluding carboxylic acids is 1. The Labute approximate surface area is 134 Å². The van der Waals surface area contributed by atoms with Crippen LogP contribution < -0.4 is 5.32 Å². The molecule has 0 atom stereocenters. The summed E-state index contributed by atoms with van der Waals surface area (Å²) in [6.45, 7) is 1.28. The van der Waals surface area contributed by atoms with Crippen LogP contribution in [0, 0.1) is 0 Å². The zero-order valence-electron chi connectivity index (χ0n) is 12.4. The summed E-state index contributed by atoms with van der Waals surface area (Å²) in [4.78, 5) is 16.0. The van der Waals surface area contributed by atoms with Gasteiger partial charge in [0.05, 0.1) is 0 Å². The maximum absolute atomic E-state index is 12.3. The Hall–Kier alpha value is -2.19. The van der Waals surface area contributed by atoms with E-state index in [2.05, 4.69) is 10.3 Å². The first kappa shape index (κ1) is 15.7. The van der Waals surface area contributed by atoms with E-state index < -0.39 is 15.9 Å². The van der Waals surface area contributed by atoms with Gasteiger partial charge in [0.25, 0.3) is 15.9 Å². The van der Waals surface area contributed by atoms with Gasteiger partial charge in [0.15, 0.2) is 5.76 Å². The fraction of sp³-hybridized carbons (Fsp3) is 0.333. The molecule has 0 saturated carbocycles. The van der Waals surface area contributed by atoms with Crippen LogP contribution in [0.4, 0.5) is 0 Å². The standard InChI is InChI=1S/C15H17N3O4S/c19-15(17-11-12-4-3-7-16-10-12)13-5-6-14(22-13)23(20,21)18-8-1-2-9-18/h3-7,10H,1-2,8-9,11H2,(H,17,19). The maximum Gasteiger partial charge on any atom is 0.287 e. The number of hydrogen-bond donors (Lipinski definition) is 1. The fourth-order valence-electron chi connectivity index (χ4n) is 2.41. The van der Waals surface area contributed by atoms with Crippen molar-refractivity contribution in [2.24, 2.45) is 0 Å². The molecule has 3 heterocycles. The average molecular weight is 335 g/mol. The minimum absolute atomic E-state index is 0.0216. The van der Waals surface area contributed by atoms with Crippen LogP contribution in [0.15, 0.2) is 46.2 Å². The second-order valence-corrected chi connectivity index (χ2v) is 7.14. The molecule has 0 spiro atoms. The van der Waals surface area contributed by atoms with Crippen LogP contribution in [-0.4, -0.2) is 36.7 Å². The molecular weight excluding hydrogens is 318 g/mol. The van der Waals surface area contributed by atoms with Crippen molar-refractivity contribution in [2.45, 2.75) is 24.5 Å². The molecule has 1 N–H and O–H groups in total. The number of nitrogens with zero attached hydrogens (tertiary/aromatic N) is 2. The van der Waals surface area contributed by atoms with E-state index in [1.54, 1.807) is 18.5 Å². The lowest BCUT2D eigenvalue weighted by Gasteiger charge is -2.12. The molecule has 122 valence electrons. The highest BCUT2D eigenvalue weighted by Gasteiger charge is 2.30. The fourth-order valence-corrected chi connectivity index (χ4v) is 3.84. The van der Waals surface area contributed by atoms with Crippen LogP contribution in [0.25, 0.3) is 0 Å². The van der Waals surface area contributed by atoms with Crippen molar-refractivity contribution in [3.8, 4) is 0 Å². The monoisotopic (exact) mass is 335 g/mol. The summed E-state index contributed by atoms with van der Waals surface area (Å²) in [6.07, 6.45) is 4.98. The molecule has 2 aromatic heterocycles. The lowest BCUT2D eigenvalue weighted by atomic mass is 10.3. The van der Waals surface area contributed by atoms with E-state index in [-0.39, 0.29) is 10.9 Å². The number of rotatable bonds is 5. The molecule has 0 aromatic carbocycles. The van der Waals surface area contributed by atoms with Crippen LogP contribution in [0.5, 0.6) is 0 Å². The lowest BCUT2D eigenvalue weighted by Crippen LogP contribution is -2.27. The van der Waals surface area contributed by atoms with Gasteiger partial charge < -0.3 is 9.73 Å². The van der Waals surface area contributed by atoms with Crippen molar-refractivity contribution in [1.29, 1.82) is 0 Å². The molecule has 0 radical (unpaired) electrons. The van der Waals surface area contributed by atoms with Crippen molar-refractivity contribution in [2.75, 3.05) is 13.1 Å². The van der Waals surface area contributed by atoms with Crippen molar-refractivity contribution >= 4 is 15.9 Å². The van der Waals surface area contributed by atoms with Crippen molar-refractivity contribution < 1.29 is 17.6 Å². The number of carbonyl (C=O) groups is 1. The van der Waals surface area contributed by atoms with Crippen LogP contribution in [0.2, 0.25) is 0 Å². The Balaban J connectivity index is 1.67. The number of nitrogens with one attached hydrogen (secondary N) is 1. The Morgan fingerprint density at radius 3 is 2.74 bits per heavy atom. The molecule has 0 bridgehead atoms. The SMILES string of the molecule is O=C(NCc1cccnc1)c1ccc(S(=O)(=O)N2CCCC2)o1. The number of amides is 1. The summed E-state index contributed by atoms with van der Waals surface area (Å²) in [7, 11) is -3.64. The third-order valence-corrected chi connectivity index (χ3v) is 5.41. The molecular formula is C15H17N3O4S. The van der Waals surface area contributed by atoms with Gasteiger partial charge in [-0.05, 0) is 36.6 Å². The van der Waals surface area contributed by atoms with Crippen LogP contribution in [-0.2, 0) is 16.6 Å². The highest BCUT2D eigenvalue weighted by atomic mass is 32.2. The first-order valence-electron chi connectivity index (χ1n) is 7.34. The summed E-state index contributed by atoms with van der Waals surface area (Å²) in [6, 6.07) is 6.31. The molecule has 1 aliphatic rings. The normalized spacial score (nSPS) is 15.7. The molecule has 1 aliphatic heterocycles. The van der Waals surface area contributed by atoms with Gasteiger partial charge in [-0.25, -0.2) is 8.42 Å². The van der Waals surface area contributed by atoms with Gasteiger partial charge in [-0.3, -0.25) is 9.78 Å². The molecule has 3 rings (SSSR count). The minimum atomic E-state index is -3.64. The van der Waals surface area contributed by atoms with Gasteiger partial charge in [0.1, 0.15) is 0 Å². The van der Waals surface area contributed by atoms with Gasteiger partial charge in [0.2, 0.25) is 5.09 Å². The number of furan rings is 1. The highest BCUT2D eigenvalue weighted by Crippen LogP contribution is 2.22. The van der Waals surface area contributed by atoms with Crippen molar-refractivity contribution in [1.82, 2.24) is 14.6 Å². The van der Waals surface area contributed by atoms with Crippen molar-refractivity contribution in [3.63, 3.8) is 0 Å². The summed E-state index contributed by atoms with van der Waals surface area (Å²) in [5.74, 6) is -0.483. The number of sulfonamides is 1. The van der Waals surface area contributed by atoms with Gasteiger partial charge >= 0.3 is 0 Å². The zero-order chi connectivity index (χ0) is 16.3. The lowest BCUT2D eigenvalue weighted by molar-refractivity contribution is 0.0917. The Morgan fingerprint density at radius 1 is 1.26 bits per heavy atom. The molecule has 0 aliphatic carbocycles. The average Bonchev–Trinajstić information content (AvgIpc) is 3.25. The quantitative estimate of drug-likeness (QED) is 0.891. The van der Waals surface area contributed by atoms with Crippen LogP contribution >= 0.6 is 0 Å². The molecule has 0 unspecified atom stereocenters. The number of hydrogen-bond acceptors (Lipinski definition) is 5. The third-order valence-electron chi connectivity index (χ3n) is 3.64. The summed E-state index contributed by atoms with van der Waals surface area (Å²) in [5.41, 5.74) is 0.845. The maximum atomic E-state index is 12.3. The second-order valence-electron chi connectivity index (χ2n) is 5.27. The zero-order valence-corrected chi connectivity index (χ0v) is 13.3. The second kappa shape index (κ2) is 6.51. The summed E-state index contributed by atoms with van der Waals surface area (Å²) in [5, 5.41) is 2.48. The highest BCUT2D eigenvalue weighted by molar-refractivity contribution is 7.89. The Bertz CT molecular complexity index is 780. The van der Waals surface area contributed by atoms with Gasteiger partial charge in [-0.1, -0.05) is 6.07 Å². The van der Waals surface area contributed by atoms with Gasteiger partial charge in [-0.15, -0.1) is 0 Å². The van der Waals surface area contributed by atoms with E-state index in [1.807, 2.05) is 6.07 Å². The largest absolute Gasteiger partial charge is 0.438 e. The van der Waals surface area contributed by atoms with E-state index in [4.69, 9.17) is 4.42 Å². The Kier molecular flexibility index (Phi) is 4.44. The van der Waals surface area contributed by atoms with E-state index in [0.717, 1.165) is 18.4 Å². The van der Waals surface area contributed by atoms with Crippen LogP contribution in [0.1, 0.15) is 29.0 Å². The first-order chi connectivity index (χ1) is 11.1. The molecule has 1 amide bonds. The predicted octanol–water partition coefficient (Wildman–Crippen LogP) is 1.39. The first-order valence-corrected chi connectivity index (χ1v) is 8.78. The molecule has 1 saturated heterocycles.